The minimum atomic E-state index is 0.534. The summed E-state index contributed by atoms with van der Waals surface area (Å²) in [6.07, 6.45) is 7.70. The molecule has 3 nitrogen and oxygen atoms in total. The molecule has 0 aliphatic rings. The fraction of sp³-hybridized carbons (Fsp3) is 0.667. The highest BCUT2D eigenvalue weighted by Gasteiger charge is 2.07. The van der Waals surface area contributed by atoms with Crippen LogP contribution in [0, 0.1) is 0 Å². The van der Waals surface area contributed by atoms with Crippen LogP contribution >= 0.6 is 15.9 Å². The maximum absolute atomic E-state index is 4.22. The molecule has 1 atom stereocenters. The van der Waals surface area contributed by atoms with E-state index in [1.807, 2.05) is 6.07 Å². The molecule has 90 valence electrons. The molecule has 0 spiro atoms. The predicted octanol–water partition coefficient (Wildman–Crippen LogP) is 4.01. The Morgan fingerprint density at radius 2 is 2.06 bits per heavy atom. The van der Waals surface area contributed by atoms with E-state index in [0.29, 0.717) is 6.04 Å². The molecule has 0 bridgehead atoms. The van der Waals surface area contributed by atoms with Crippen molar-refractivity contribution in [3.05, 3.63) is 17.0 Å². The lowest BCUT2D eigenvalue weighted by Gasteiger charge is -2.18. The maximum Gasteiger partial charge on any atom is 0.130 e. The number of aromatic nitrogens is 2. The molecular formula is C12H20BrN3. The van der Waals surface area contributed by atoms with E-state index in [2.05, 4.69) is 45.1 Å². The van der Waals surface area contributed by atoms with Gasteiger partial charge < -0.3 is 5.32 Å². The van der Waals surface area contributed by atoms with Gasteiger partial charge >= 0.3 is 0 Å². The van der Waals surface area contributed by atoms with E-state index in [1.165, 1.54) is 32.1 Å². The molecule has 0 radical (unpaired) electrons. The van der Waals surface area contributed by atoms with Crippen LogP contribution < -0.4 is 5.32 Å². The zero-order valence-electron chi connectivity index (χ0n) is 10.0. The Morgan fingerprint density at radius 3 is 2.69 bits per heavy atom. The molecule has 1 heterocycles. The second-order valence-corrected chi connectivity index (χ2v) is 4.81. The molecule has 16 heavy (non-hydrogen) atoms. The molecule has 1 unspecified atom stereocenters. The molecule has 0 saturated heterocycles. The van der Waals surface area contributed by atoms with Crippen LogP contribution in [0.2, 0.25) is 0 Å². The van der Waals surface area contributed by atoms with Crippen molar-refractivity contribution in [2.45, 2.75) is 52.0 Å². The number of hydrogen-bond acceptors (Lipinski definition) is 3. The van der Waals surface area contributed by atoms with Gasteiger partial charge in [0.15, 0.2) is 0 Å². The van der Waals surface area contributed by atoms with Crippen molar-refractivity contribution in [3.8, 4) is 0 Å². The SMILES string of the molecule is CCCCC(CCC)Nc1cc(Br)ncn1. The lowest BCUT2D eigenvalue weighted by atomic mass is 10.1. The standard InChI is InChI=1S/C12H20BrN3/c1-3-5-7-10(6-4-2)16-12-8-11(13)14-9-15-12/h8-10H,3-7H2,1-2H3,(H,14,15,16). The molecule has 4 heteroatoms. The summed E-state index contributed by atoms with van der Waals surface area (Å²) in [5.74, 6) is 0.913. The van der Waals surface area contributed by atoms with Crippen LogP contribution in [0.15, 0.2) is 17.0 Å². The third-order valence-corrected chi connectivity index (χ3v) is 2.96. The second-order valence-electron chi connectivity index (χ2n) is 4.00. The zero-order valence-corrected chi connectivity index (χ0v) is 11.6. The molecule has 1 N–H and O–H groups in total. The van der Waals surface area contributed by atoms with Crippen molar-refractivity contribution in [1.82, 2.24) is 9.97 Å². The number of unbranched alkanes of at least 4 members (excludes halogenated alkanes) is 1. The maximum atomic E-state index is 4.22. The zero-order chi connectivity index (χ0) is 11.8. The highest BCUT2D eigenvalue weighted by molar-refractivity contribution is 9.10. The molecule has 0 aromatic carbocycles. The molecule has 0 amide bonds. The van der Waals surface area contributed by atoms with E-state index in [4.69, 9.17) is 0 Å². The summed E-state index contributed by atoms with van der Waals surface area (Å²) in [6, 6.07) is 2.46. The average molecular weight is 286 g/mol. The number of nitrogens with one attached hydrogen (secondary N) is 1. The van der Waals surface area contributed by atoms with Crippen molar-refractivity contribution in [2.75, 3.05) is 5.32 Å². The van der Waals surface area contributed by atoms with E-state index in [0.717, 1.165) is 10.4 Å². The minimum absolute atomic E-state index is 0.534. The first-order chi connectivity index (χ1) is 7.76. The number of hydrogen-bond donors (Lipinski definition) is 1. The third-order valence-electron chi connectivity index (χ3n) is 2.53. The van der Waals surface area contributed by atoms with Crippen LogP contribution in [-0.2, 0) is 0 Å². The van der Waals surface area contributed by atoms with Crippen molar-refractivity contribution in [3.63, 3.8) is 0 Å². The van der Waals surface area contributed by atoms with E-state index >= 15 is 0 Å². The lowest BCUT2D eigenvalue weighted by Crippen LogP contribution is -2.19. The molecule has 1 aromatic heterocycles. The molecule has 0 aliphatic heterocycles. The van der Waals surface area contributed by atoms with Crippen LogP contribution in [-0.4, -0.2) is 16.0 Å². The van der Waals surface area contributed by atoms with Crippen LogP contribution in [0.5, 0.6) is 0 Å². The summed E-state index contributed by atoms with van der Waals surface area (Å²) in [5, 5.41) is 3.47. The van der Waals surface area contributed by atoms with Gasteiger partial charge in [-0.05, 0) is 28.8 Å². The van der Waals surface area contributed by atoms with Gasteiger partial charge in [0.2, 0.25) is 0 Å². The summed E-state index contributed by atoms with van der Waals surface area (Å²) in [5.41, 5.74) is 0. The number of rotatable bonds is 7. The van der Waals surface area contributed by atoms with Gasteiger partial charge in [0.1, 0.15) is 16.7 Å². The van der Waals surface area contributed by atoms with Gasteiger partial charge in [-0.2, -0.15) is 0 Å². The first kappa shape index (κ1) is 13.4. The summed E-state index contributed by atoms with van der Waals surface area (Å²) < 4.78 is 0.829. The van der Waals surface area contributed by atoms with Gasteiger partial charge in [-0.25, -0.2) is 9.97 Å². The Bertz CT molecular complexity index is 304. The van der Waals surface area contributed by atoms with Gasteiger partial charge in [0.25, 0.3) is 0 Å². The quantitative estimate of drug-likeness (QED) is 0.769. The highest BCUT2D eigenvalue weighted by Crippen LogP contribution is 2.15. The van der Waals surface area contributed by atoms with Crippen LogP contribution in [0.25, 0.3) is 0 Å². The monoisotopic (exact) mass is 285 g/mol. The highest BCUT2D eigenvalue weighted by atomic mass is 79.9. The van der Waals surface area contributed by atoms with Crippen LogP contribution in [0.3, 0.4) is 0 Å². The van der Waals surface area contributed by atoms with Crippen molar-refractivity contribution in [1.29, 1.82) is 0 Å². The molecule has 0 aliphatic carbocycles. The first-order valence-corrected chi connectivity index (χ1v) is 6.79. The molecule has 0 fully saturated rings. The Morgan fingerprint density at radius 1 is 1.25 bits per heavy atom. The van der Waals surface area contributed by atoms with Crippen LogP contribution in [0.4, 0.5) is 5.82 Å². The Labute approximate surface area is 106 Å². The predicted molar refractivity (Wildman–Crippen MR) is 71.6 cm³/mol. The smallest absolute Gasteiger partial charge is 0.130 e. The van der Waals surface area contributed by atoms with Gasteiger partial charge in [-0.3, -0.25) is 0 Å². The summed E-state index contributed by atoms with van der Waals surface area (Å²) >= 11 is 3.35. The van der Waals surface area contributed by atoms with E-state index < -0.39 is 0 Å². The van der Waals surface area contributed by atoms with Gasteiger partial charge in [0, 0.05) is 12.1 Å². The molecule has 0 saturated carbocycles. The minimum Gasteiger partial charge on any atom is -0.367 e. The number of nitrogens with zero attached hydrogens (tertiary/aromatic N) is 2. The fourth-order valence-corrected chi connectivity index (χ4v) is 2.02. The largest absolute Gasteiger partial charge is 0.367 e. The number of anilines is 1. The fourth-order valence-electron chi connectivity index (χ4n) is 1.71. The van der Waals surface area contributed by atoms with Crippen molar-refractivity contribution >= 4 is 21.7 Å². The molecular weight excluding hydrogens is 266 g/mol. The topological polar surface area (TPSA) is 37.8 Å². The first-order valence-electron chi connectivity index (χ1n) is 6.00. The van der Waals surface area contributed by atoms with E-state index in [9.17, 15) is 0 Å². The van der Waals surface area contributed by atoms with Crippen molar-refractivity contribution in [2.24, 2.45) is 0 Å². The Balaban J connectivity index is 2.52. The second kappa shape index (κ2) is 7.60. The summed E-state index contributed by atoms with van der Waals surface area (Å²) in [7, 11) is 0. The molecule has 1 aromatic rings. The average Bonchev–Trinajstić information content (AvgIpc) is 2.26. The van der Waals surface area contributed by atoms with E-state index in [1.54, 1.807) is 6.33 Å². The normalized spacial score (nSPS) is 12.4. The number of halogens is 1. The van der Waals surface area contributed by atoms with Crippen molar-refractivity contribution < 1.29 is 0 Å². The lowest BCUT2D eigenvalue weighted by molar-refractivity contribution is 0.562. The van der Waals surface area contributed by atoms with E-state index in [-0.39, 0.29) is 0 Å². The molecule has 1 rings (SSSR count). The Kier molecular flexibility index (Phi) is 6.38. The summed E-state index contributed by atoms with van der Waals surface area (Å²) in [4.78, 5) is 8.24. The van der Waals surface area contributed by atoms with Gasteiger partial charge in [-0.1, -0.05) is 33.1 Å². The Hall–Kier alpha value is -0.640. The summed E-state index contributed by atoms with van der Waals surface area (Å²) in [6.45, 7) is 4.45. The third kappa shape index (κ3) is 4.92. The van der Waals surface area contributed by atoms with Gasteiger partial charge in [0.05, 0.1) is 0 Å². The van der Waals surface area contributed by atoms with Gasteiger partial charge in [-0.15, -0.1) is 0 Å². The van der Waals surface area contributed by atoms with Crippen LogP contribution in [0.1, 0.15) is 46.0 Å².